The lowest BCUT2D eigenvalue weighted by molar-refractivity contribution is -0.383. The van der Waals surface area contributed by atoms with E-state index in [0.717, 1.165) is 28.2 Å². The van der Waals surface area contributed by atoms with Crippen molar-refractivity contribution in [3.05, 3.63) is 164 Å². The number of aliphatic hydroxyl groups is 1. The number of rotatable bonds is 5. The van der Waals surface area contributed by atoms with Crippen molar-refractivity contribution < 1.29 is 10.0 Å². The minimum Gasteiger partial charge on any atom is -0.397 e. The van der Waals surface area contributed by atoms with Gasteiger partial charge in [0.15, 0.2) is 0 Å². The fourth-order valence-corrected chi connectivity index (χ4v) is 7.76. The highest BCUT2D eigenvalue weighted by molar-refractivity contribution is 6.31. The van der Waals surface area contributed by atoms with Crippen molar-refractivity contribution in [2.75, 3.05) is 23.0 Å². The molecule has 0 heterocycles. The molecule has 7 nitrogen and oxygen atoms in total. The van der Waals surface area contributed by atoms with E-state index >= 15 is 0 Å². The molecular weight excluding hydrogens is 703 g/mol. The van der Waals surface area contributed by atoms with E-state index in [1.54, 1.807) is 19.1 Å². The molecule has 0 saturated carbocycles. The lowest BCUT2D eigenvalue weighted by Crippen LogP contribution is -2.14. The van der Waals surface area contributed by atoms with E-state index in [0.29, 0.717) is 21.4 Å². The molecule has 0 aromatic heterocycles. The number of nitro groups is 1. The molecule has 0 amide bonds. The summed E-state index contributed by atoms with van der Waals surface area (Å²) in [6.07, 6.45) is 0. The van der Waals surface area contributed by atoms with E-state index in [1.165, 1.54) is 45.5 Å². The molecule has 8 rings (SSSR count). The van der Waals surface area contributed by atoms with Gasteiger partial charge in [-0.25, -0.2) is 0 Å². The van der Waals surface area contributed by atoms with Crippen LogP contribution in [0.4, 0.5) is 34.1 Å². The maximum Gasteiger partial charge on any atom is 0.292 e. The Bertz CT molecular complexity index is 2340. The van der Waals surface area contributed by atoms with Crippen LogP contribution in [0.5, 0.6) is 0 Å². The predicted molar refractivity (Wildman–Crippen MR) is 221 cm³/mol. The third-order valence-electron chi connectivity index (χ3n) is 9.92. The Balaban J connectivity index is 0.000000169. The summed E-state index contributed by atoms with van der Waals surface area (Å²) in [4.78, 5) is 11.0. The van der Waals surface area contributed by atoms with E-state index in [9.17, 15) is 10.1 Å². The minimum absolute atomic E-state index is 0.00227. The molecule has 2 aliphatic carbocycles. The number of hydrogen-bond acceptors (Lipinski definition) is 6. The molecule has 6 aromatic carbocycles. The summed E-state index contributed by atoms with van der Waals surface area (Å²) in [5, 5.41) is 26.8. The Labute approximate surface area is 320 Å². The summed E-state index contributed by atoms with van der Waals surface area (Å²) in [6, 6.07) is 39.4. The molecule has 0 spiro atoms. The molecule has 0 unspecified atom stereocenters. The lowest BCUT2D eigenvalue weighted by atomic mass is 9.82. The highest BCUT2D eigenvalue weighted by Gasteiger charge is 2.37. The number of anilines is 5. The third-order valence-corrected chi connectivity index (χ3v) is 10.4. The summed E-state index contributed by atoms with van der Waals surface area (Å²) in [5.41, 5.74) is 19.7. The number of fused-ring (bicyclic) bond motifs is 6. The fourth-order valence-electron chi connectivity index (χ4n) is 7.41. The van der Waals surface area contributed by atoms with Crippen LogP contribution in [0.25, 0.3) is 22.3 Å². The number of nitrogen functional groups attached to an aromatic ring is 1. The molecule has 0 fully saturated rings. The van der Waals surface area contributed by atoms with Crippen LogP contribution >= 0.6 is 23.2 Å². The van der Waals surface area contributed by atoms with Crippen LogP contribution in [0.3, 0.4) is 0 Å². The van der Waals surface area contributed by atoms with Gasteiger partial charge in [-0.1, -0.05) is 124 Å². The molecule has 0 saturated heterocycles. The molecule has 0 bridgehead atoms. The van der Waals surface area contributed by atoms with Gasteiger partial charge in [-0.2, -0.15) is 0 Å². The smallest absolute Gasteiger partial charge is 0.292 e. The summed E-state index contributed by atoms with van der Waals surface area (Å²) in [6.45, 7) is 10.9. The number of nitrogens with one attached hydrogen (secondary N) is 2. The van der Waals surface area contributed by atoms with Crippen molar-refractivity contribution in [3.63, 3.8) is 0 Å². The average Bonchev–Trinajstić information content (AvgIpc) is 3.51. The average molecular weight is 746 g/mol. The topological polar surface area (TPSA) is 113 Å². The van der Waals surface area contributed by atoms with Crippen molar-refractivity contribution in [1.82, 2.24) is 0 Å². The van der Waals surface area contributed by atoms with Crippen LogP contribution in [0, 0.1) is 10.1 Å². The van der Waals surface area contributed by atoms with E-state index in [4.69, 9.17) is 34.0 Å². The fraction of sp³-hybridized carbons (Fsp3) is 0.182. The van der Waals surface area contributed by atoms with Gasteiger partial charge in [0.1, 0.15) is 5.69 Å². The normalized spacial score (nSPS) is 13.5. The molecular formula is C44H42Cl2N4O3. The molecule has 270 valence electrons. The predicted octanol–water partition coefficient (Wildman–Crippen LogP) is 12.3. The highest BCUT2D eigenvalue weighted by atomic mass is 35.5. The first-order valence-electron chi connectivity index (χ1n) is 17.4. The molecule has 9 heteroatoms. The zero-order valence-electron chi connectivity index (χ0n) is 30.3. The van der Waals surface area contributed by atoms with Crippen molar-refractivity contribution in [2.24, 2.45) is 0 Å². The molecule has 0 radical (unpaired) electrons. The Morgan fingerprint density at radius 1 is 0.623 bits per heavy atom. The van der Waals surface area contributed by atoms with Gasteiger partial charge in [-0.05, 0) is 82.8 Å². The SMILES string of the molecule is CC1(C)c2ccccc2-c2c(Nc3cc(Cl)ccc3N)cccc21.CC1(C)c2ccccc2-c2c(Nc3cc(Cl)ccc3[N+](=O)[O-])cccc21.CCO. The van der Waals surface area contributed by atoms with Gasteiger partial charge in [-0.3, -0.25) is 10.1 Å². The van der Waals surface area contributed by atoms with Crippen LogP contribution in [0.1, 0.15) is 56.9 Å². The zero-order valence-corrected chi connectivity index (χ0v) is 31.8. The van der Waals surface area contributed by atoms with Gasteiger partial charge >= 0.3 is 0 Å². The second-order valence-corrected chi connectivity index (χ2v) is 14.9. The molecule has 2 aliphatic rings. The molecule has 53 heavy (non-hydrogen) atoms. The van der Waals surface area contributed by atoms with Gasteiger partial charge in [0.25, 0.3) is 5.69 Å². The van der Waals surface area contributed by atoms with Crippen LogP contribution in [0.15, 0.2) is 121 Å². The number of aliphatic hydroxyl groups excluding tert-OH is 1. The molecule has 0 atom stereocenters. The highest BCUT2D eigenvalue weighted by Crippen LogP contribution is 2.53. The molecule has 0 aliphatic heterocycles. The zero-order chi connectivity index (χ0) is 38.1. The van der Waals surface area contributed by atoms with Gasteiger partial charge in [-0.15, -0.1) is 0 Å². The van der Waals surface area contributed by atoms with E-state index in [1.807, 2.05) is 36.4 Å². The number of benzene rings is 6. The van der Waals surface area contributed by atoms with Gasteiger partial charge in [0.05, 0.1) is 16.3 Å². The Hall–Kier alpha value is -5.34. The minimum atomic E-state index is -0.403. The van der Waals surface area contributed by atoms with Crippen LogP contribution in [-0.4, -0.2) is 16.6 Å². The largest absolute Gasteiger partial charge is 0.397 e. The van der Waals surface area contributed by atoms with Crippen LogP contribution in [-0.2, 0) is 10.8 Å². The van der Waals surface area contributed by atoms with Crippen molar-refractivity contribution in [3.8, 4) is 22.3 Å². The third kappa shape index (κ3) is 7.08. The van der Waals surface area contributed by atoms with Crippen molar-refractivity contribution >= 4 is 57.3 Å². The second-order valence-electron chi connectivity index (χ2n) is 14.0. The van der Waals surface area contributed by atoms with E-state index < -0.39 is 4.92 Å². The Morgan fingerprint density at radius 2 is 1.04 bits per heavy atom. The monoisotopic (exact) mass is 744 g/mol. The lowest BCUT2D eigenvalue weighted by Gasteiger charge is -2.21. The number of hydrogen-bond donors (Lipinski definition) is 4. The Morgan fingerprint density at radius 3 is 1.53 bits per heavy atom. The van der Waals surface area contributed by atoms with Gasteiger partial charge in [0, 0.05) is 56.1 Å². The number of nitro benzene ring substituents is 1. The standard InChI is InChI=1S/C21H17ClN2O2.C21H19ClN2.C2H6O/c1-21(2)15-7-4-3-6-14(15)20-16(21)8-5-9-17(20)23-18-12-13(22)10-11-19(18)24(25)26;1-21(2)15-7-4-3-6-14(15)20-16(21)8-5-9-18(20)24-19-12-13(22)10-11-17(19)23;1-2-3/h3-12,23H,1-2H3;3-12,24H,23H2,1-2H3;3H,2H2,1H3. The summed E-state index contributed by atoms with van der Waals surface area (Å²) < 4.78 is 0. The molecule has 6 aromatic rings. The van der Waals surface area contributed by atoms with E-state index in [2.05, 4.69) is 99.0 Å². The van der Waals surface area contributed by atoms with Crippen molar-refractivity contribution in [2.45, 2.75) is 45.4 Å². The maximum atomic E-state index is 11.4. The number of nitrogens with zero attached hydrogens (tertiary/aromatic N) is 1. The van der Waals surface area contributed by atoms with Crippen molar-refractivity contribution in [1.29, 1.82) is 0 Å². The van der Waals surface area contributed by atoms with Crippen LogP contribution < -0.4 is 16.4 Å². The van der Waals surface area contributed by atoms with E-state index in [-0.39, 0.29) is 23.1 Å². The summed E-state index contributed by atoms with van der Waals surface area (Å²) in [5.74, 6) is 0. The Kier molecular flexibility index (Phi) is 10.6. The summed E-state index contributed by atoms with van der Waals surface area (Å²) >= 11 is 12.2. The first kappa shape index (κ1) is 37.4. The maximum absolute atomic E-state index is 11.4. The second kappa shape index (κ2) is 15.0. The number of halogens is 2. The van der Waals surface area contributed by atoms with Gasteiger partial charge < -0.3 is 21.5 Å². The first-order valence-corrected chi connectivity index (χ1v) is 18.2. The summed E-state index contributed by atoms with van der Waals surface area (Å²) in [7, 11) is 0. The quantitative estimate of drug-likeness (QED) is 0.0794. The first-order chi connectivity index (χ1) is 25.3. The number of nitrogens with two attached hydrogens (primary N) is 1. The van der Waals surface area contributed by atoms with Gasteiger partial charge in [0.2, 0.25) is 0 Å². The molecule has 5 N–H and O–H groups in total. The van der Waals surface area contributed by atoms with Crippen LogP contribution in [0.2, 0.25) is 10.0 Å².